The van der Waals surface area contributed by atoms with Crippen LogP contribution in [0.15, 0.2) is 17.0 Å². The van der Waals surface area contributed by atoms with Gasteiger partial charge in [0.05, 0.1) is 16.4 Å². The topological polar surface area (TPSA) is 77.5 Å². The Kier molecular flexibility index (Phi) is 4.05. The molecule has 0 bridgehead atoms. The third-order valence-electron chi connectivity index (χ3n) is 3.22. The molecule has 0 spiro atoms. The molecular weight excluding hydrogens is 324 g/mol. The van der Waals surface area contributed by atoms with Gasteiger partial charge in [-0.2, -0.15) is 0 Å². The van der Waals surface area contributed by atoms with Crippen LogP contribution in [0.1, 0.15) is 17.5 Å². The second kappa shape index (κ2) is 5.20. The highest BCUT2D eigenvalue weighted by molar-refractivity contribution is 8.13. The molecule has 1 atom stereocenters. The minimum atomic E-state index is -3.80. The number of ether oxygens (including phenoxy) is 1. The standard InChI is InChI=1S/C12H15ClO5S2/c1-8-6-12(20(13,16)17)9(2)5-11(8)18-10-3-4-19(14,15)7-10/h5-6,10H,3-4,7H2,1-2H3. The maximum absolute atomic E-state index is 11.4. The van der Waals surface area contributed by atoms with Crippen LogP contribution in [-0.2, 0) is 18.9 Å². The first-order chi connectivity index (χ1) is 9.08. The number of aryl methyl sites for hydroxylation is 2. The summed E-state index contributed by atoms with van der Waals surface area (Å²) >= 11 is 0. The van der Waals surface area contributed by atoms with E-state index in [1.54, 1.807) is 19.9 Å². The number of benzene rings is 1. The average Bonchev–Trinajstić information content (AvgIpc) is 2.61. The fraction of sp³-hybridized carbons (Fsp3) is 0.500. The lowest BCUT2D eigenvalue weighted by atomic mass is 10.1. The van der Waals surface area contributed by atoms with Gasteiger partial charge in [0.25, 0.3) is 9.05 Å². The van der Waals surface area contributed by atoms with Crippen LogP contribution in [0.3, 0.4) is 0 Å². The van der Waals surface area contributed by atoms with Crippen LogP contribution < -0.4 is 4.74 Å². The predicted molar refractivity (Wildman–Crippen MR) is 76.6 cm³/mol. The molecule has 0 aliphatic carbocycles. The van der Waals surface area contributed by atoms with E-state index in [1.807, 2.05) is 0 Å². The molecular formula is C12H15ClO5S2. The molecule has 0 radical (unpaired) electrons. The summed E-state index contributed by atoms with van der Waals surface area (Å²) < 4.78 is 51.2. The molecule has 2 rings (SSSR count). The Morgan fingerprint density at radius 3 is 2.40 bits per heavy atom. The summed E-state index contributed by atoms with van der Waals surface area (Å²) in [5, 5.41) is 0. The van der Waals surface area contributed by atoms with E-state index in [4.69, 9.17) is 15.4 Å². The first-order valence-electron chi connectivity index (χ1n) is 6.01. The minimum Gasteiger partial charge on any atom is -0.489 e. The van der Waals surface area contributed by atoms with E-state index in [2.05, 4.69) is 0 Å². The van der Waals surface area contributed by atoms with Crippen LogP contribution in [0.5, 0.6) is 5.75 Å². The molecule has 1 saturated heterocycles. The van der Waals surface area contributed by atoms with E-state index in [0.29, 0.717) is 23.3 Å². The third kappa shape index (κ3) is 3.45. The zero-order valence-corrected chi connectivity index (χ0v) is 13.5. The normalized spacial score (nSPS) is 21.9. The van der Waals surface area contributed by atoms with Crippen molar-refractivity contribution in [3.63, 3.8) is 0 Å². The first kappa shape index (κ1) is 15.6. The van der Waals surface area contributed by atoms with Crippen molar-refractivity contribution in [1.29, 1.82) is 0 Å². The van der Waals surface area contributed by atoms with E-state index in [0.717, 1.165) is 0 Å². The summed E-state index contributed by atoms with van der Waals surface area (Å²) in [5.41, 5.74) is 1.08. The molecule has 1 aliphatic heterocycles. The van der Waals surface area contributed by atoms with Crippen LogP contribution in [-0.4, -0.2) is 34.4 Å². The highest BCUT2D eigenvalue weighted by Crippen LogP contribution is 2.29. The smallest absolute Gasteiger partial charge is 0.261 e. The van der Waals surface area contributed by atoms with Crippen molar-refractivity contribution in [3.05, 3.63) is 23.3 Å². The fourth-order valence-electron chi connectivity index (χ4n) is 2.19. The molecule has 5 nitrogen and oxygen atoms in total. The molecule has 0 amide bonds. The van der Waals surface area contributed by atoms with E-state index in [9.17, 15) is 16.8 Å². The van der Waals surface area contributed by atoms with Crippen LogP contribution in [0, 0.1) is 13.8 Å². The number of rotatable bonds is 3. The summed E-state index contributed by atoms with van der Waals surface area (Å²) in [6.07, 6.45) is 0.0766. The second-order valence-corrected chi connectivity index (χ2v) is 9.73. The molecule has 8 heteroatoms. The van der Waals surface area contributed by atoms with Crippen molar-refractivity contribution >= 4 is 29.6 Å². The summed E-state index contributed by atoms with van der Waals surface area (Å²) in [5.74, 6) is 0.624. The fourth-order valence-corrected chi connectivity index (χ4v) is 5.04. The molecule has 1 aromatic rings. The van der Waals surface area contributed by atoms with Crippen molar-refractivity contribution in [2.24, 2.45) is 0 Å². The maximum Gasteiger partial charge on any atom is 0.261 e. The van der Waals surface area contributed by atoms with Gasteiger partial charge in [0.15, 0.2) is 9.84 Å². The van der Waals surface area contributed by atoms with Gasteiger partial charge in [-0.25, -0.2) is 16.8 Å². The monoisotopic (exact) mass is 338 g/mol. The lowest BCUT2D eigenvalue weighted by Gasteiger charge is -2.16. The van der Waals surface area contributed by atoms with Crippen LogP contribution >= 0.6 is 10.7 Å². The molecule has 112 valence electrons. The van der Waals surface area contributed by atoms with Gasteiger partial charge in [-0.15, -0.1) is 0 Å². The van der Waals surface area contributed by atoms with Gasteiger partial charge in [-0.1, -0.05) is 0 Å². The predicted octanol–water partition coefficient (Wildman–Crippen LogP) is 1.80. The van der Waals surface area contributed by atoms with Crippen molar-refractivity contribution in [2.45, 2.75) is 31.3 Å². The van der Waals surface area contributed by atoms with Gasteiger partial charge in [0, 0.05) is 10.7 Å². The third-order valence-corrected chi connectivity index (χ3v) is 6.42. The molecule has 1 aliphatic rings. The Labute approximate surface area is 123 Å². The number of hydrogen-bond acceptors (Lipinski definition) is 5. The van der Waals surface area contributed by atoms with Gasteiger partial charge in [0.1, 0.15) is 11.9 Å². The highest BCUT2D eigenvalue weighted by Gasteiger charge is 2.30. The maximum atomic E-state index is 11.4. The Morgan fingerprint density at radius 2 is 1.90 bits per heavy atom. The van der Waals surface area contributed by atoms with Gasteiger partial charge in [0.2, 0.25) is 0 Å². The lowest BCUT2D eigenvalue weighted by Crippen LogP contribution is -2.18. The van der Waals surface area contributed by atoms with Crippen molar-refractivity contribution in [1.82, 2.24) is 0 Å². The van der Waals surface area contributed by atoms with Crippen LogP contribution in [0.2, 0.25) is 0 Å². The molecule has 1 heterocycles. The molecule has 20 heavy (non-hydrogen) atoms. The van der Waals surface area contributed by atoms with Gasteiger partial charge < -0.3 is 4.74 Å². The van der Waals surface area contributed by atoms with Crippen molar-refractivity contribution in [3.8, 4) is 5.75 Å². The van der Waals surface area contributed by atoms with Gasteiger partial charge in [-0.3, -0.25) is 0 Å². The molecule has 1 unspecified atom stereocenters. The summed E-state index contributed by atoms with van der Waals surface area (Å²) in [4.78, 5) is 0.0445. The Bertz CT molecular complexity index is 737. The average molecular weight is 339 g/mol. The van der Waals surface area contributed by atoms with E-state index >= 15 is 0 Å². The summed E-state index contributed by atoms with van der Waals surface area (Å²) in [7, 11) is -1.46. The van der Waals surface area contributed by atoms with Crippen LogP contribution in [0.4, 0.5) is 0 Å². The quantitative estimate of drug-likeness (QED) is 0.785. The largest absolute Gasteiger partial charge is 0.489 e. The Balaban J connectivity index is 2.29. The summed E-state index contributed by atoms with van der Waals surface area (Å²) in [6, 6.07) is 3.02. The summed E-state index contributed by atoms with van der Waals surface area (Å²) in [6.45, 7) is 3.32. The minimum absolute atomic E-state index is 0.00104. The van der Waals surface area contributed by atoms with E-state index in [-0.39, 0.29) is 22.5 Å². The molecule has 0 saturated carbocycles. The number of halogens is 1. The molecule has 1 aromatic carbocycles. The SMILES string of the molecule is Cc1cc(S(=O)(=O)Cl)c(C)cc1OC1CCS(=O)(=O)C1. The van der Waals surface area contributed by atoms with E-state index in [1.165, 1.54) is 6.07 Å². The Morgan fingerprint density at radius 1 is 1.25 bits per heavy atom. The molecule has 0 N–H and O–H groups in total. The van der Waals surface area contributed by atoms with Gasteiger partial charge >= 0.3 is 0 Å². The van der Waals surface area contributed by atoms with Crippen LogP contribution in [0.25, 0.3) is 0 Å². The Hall–Kier alpha value is -0.790. The lowest BCUT2D eigenvalue weighted by molar-refractivity contribution is 0.227. The number of hydrogen-bond donors (Lipinski definition) is 0. The van der Waals surface area contributed by atoms with Crippen molar-refractivity contribution < 1.29 is 21.6 Å². The zero-order chi connectivity index (χ0) is 15.1. The number of sulfone groups is 1. The molecule has 1 fully saturated rings. The van der Waals surface area contributed by atoms with Crippen molar-refractivity contribution in [2.75, 3.05) is 11.5 Å². The van der Waals surface area contributed by atoms with Gasteiger partial charge in [-0.05, 0) is 43.5 Å². The van der Waals surface area contributed by atoms with E-state index < -0.39 is 18.9 Å². The second-order valence-electron chi connectivity index (χ2n) is 4.96. The highest BCUT2D eigenvalue weighted by atomic mass is 35.7. The zero-order valence-electron chi connectivity index (χ0n) is 11.1. The molecule has 0 aromatic heterocycles. The first-order valence-corrected chi connectivity index (χ1v) is 10.1.